The highest BCUT2D eigenvalue weighted by Gasteiger charge is 2.31. The predicted molar refractivity (Wildman–Crippen MR) is 263 cm³/mol. The molecule has 4 aliphatic heterocycles. The van der Waals surface area contributed by atoms with E-state index in [-0.39, 0.29) is 16.8 Å². The van der Waals surface area contributed by atoms with Crippen molar-refractivity contribution in [3.05, 3.63) is 41.0 Å². The molecule has 4 fully saturated rings. The number of unbranched alkanes of at least 4 members (excludes halogenated alkanes) is 2. The van der Waals surface area contributed by atoms with Gasteiger partial charge in [-0.2, -0.15) is 0 Å². The van der Waals surface area contributed by atoms with E-state index in [0.29, 0.717) is 50.3 Å². The number of carboxylic acids is 2. The number of carbonyl (C=O) groups excluding carboxylic acids is 3. The highest BCUT2D eigenvalue weighted by atomic mass is 33.1. The Kier molecular flexibility index (Phi) is 27.3. The van der Waals surface area contributed by atoms with Gasteiger partial charge in [0.25, 0.3) is 15.9 Å². The molecule has 2 unspecified atom stereocenters. The molecule has 64 heavy (non-hydrogen) atoms. The molecule has 3 saturated heterocycles. The molecule has 2 atom stereocenters. The Morgan fingerprint density at radius 3 is 1.77 bits per heavy atom. The lowest BCUT2D eigenvalue weighted by Crippen LogP contribution is -2.45. The first-order valence-corrected chi connectivity index (χ1v) is 29.0. The number of rotatable bonds is 17. The molecule has 15 nitrogen and oxygen atoms in total. The molecule has 1 aromatic carbocycles. The zero-order valence-electron chi connectivity index (χ0n) is 37.8. The third kappa shape index (κ3) is 22.7. The van der Waals surface area contributed by atoms with Gasteiger partial charge in [-0.1, -0.05) is 82.0 Å². The molecule has 0 bridgehead atoms. The smallest absolute Gasteiger partial charge is 0.328 e. The van der Waals surface area contributed by atoms with Crippen LogP contribution in [0.2, 0.25) is 0 Å². The number of nitrogens with one attached hydrogen (secondary N) is 5. The number of amides is 5. The quantitative estimate of drug-likeness (QED) is 0.0584. The molecule has 362 valence electrons. The summed E-state index contributed by atoms with van der Waals surface area (Å²) in [5.74, 6) is 1.60. The van der Waals surface area contributed by atoms with Crippen LogP contribution < -0.4 is 26.0 Å². The van der Waals surface area contributed by atoms with Crippen molar-refractivity contribution in [3.8, 4) is 0 Å². The molecule has 1 aromatic rings. The van der Waals surface area contributed by atoms with Crippen molar-refractivity contribution in [1.29, 1.82) is 0 Å². The molecule has 6 rings (SSSR count). The van der Waals surface area contributed by atoms with Crippen molar-refractivity contribution < 1.29 is 42.6 Å². The molecule has 4 heterocycles. The van der Waals surface area contributed by atoms with E-state index in [1.54, 1.807) is 12.1 Å². The summed E-state index contributed by atoms with van der Waals surface area (Å²) in [7, 11) is 3.85. The summed E-state index contributed by atoms with van der Waals surface area (Å²) in [5, 5.41) is 30.3. The number of nitrogens with zero attached hydrogens (tertiary/aromatic N) is 1. The van der Waals surface area contributed by atoms with Crippen molar-refractivity contribution in [3.63, 3.8) is 0 Å². The Morgan fingerprint density at radius 1 is 0.797 bits per heavy atom. The SMILES string of the molecule is C1CNCCN1.CCC1=C(C)CN(C(=O)NCCc2ccc(S(=O)(=O)NC(=O)NC3CCC(C)CC3)cc2)C1=O.O=C(O)CCCCC1CCSS1.O=C(O)CCCCC1CCSS1. The number of sulfonamides is 1. The highest BCUT2D eigenvalue weighted by molar-refractivity contribution is 8.77. The Morgan fingerprint density at radius 2 is 1.33 bits per heavy atom. The van der Waals surface area contributed by atoms with E-state index < -0.39 is 34.0 Å². The first-order chi connectivity index (χ1) is 30.7. The van der Waals surface area contributed by atoms with E-state index in [0.717, 1.165) is 99.2 Å². The fourth-order valence-electron chi connectivity index (χ4n) is 7.44. The number of carbonyl (C=O) groups is 5. The minimum absolute atomic E-state index is 0.00639. The molecule has 1 aliphatic carbocycles. The summed E-state index contributed by atoms with van der Waals surface area (Å²) in [6, 6.07) is 4.99. The molecule has 1 saturated carbocycles. The molecule has 5 aliphatic rings. The van der Waals surface area contributed by atoms with E-state index in [9.17, 15) is 32.4 Å². The lowest BCUT2D eigenvalue weighted by atomic mass is 9.87. The molecule has 5 amide bonds. The average molecular weight is 989 g/mol. The van der Waals surface area contributed by atoms with E-state index in [2.05, 4.69) is 32.9 Å². The van der Waals surface area contributed by atoms with Crippen molar-refractivity contribution >= 4 is 83.1 Å². The maximum atomic E-state index is 12.5. The van der Waals surface area contributed by atoms with Crippen LogP contribution in [-0.4, -0.2) is 121 Å². The Hall–Kier alpha value is -2.62. The zero-order chi connectivity index (χ0) is 46.7. The van der Waals surface area contributed by atoms with Gasteiger partial charge < -0.3 is 31.5 Å². The zero-order valence-corrected chi connectivity index (χ0v) is 41.9. The Balaban J connectivity index is 0.000000291. The van der Waals surface area contributed by atoms with Crippen LogP contribution in [0.15, 0.2) is 40.3 Å². The second kappa shape index (κ2) is 31.4. The van der Waals surface area contributed by atoms with Crippen LogP contribution in [0.4, 0.5) is 9.59 Å². The van der Waals surface area contributed by atoms with Gasteiger partial charge in [-0.15, -0.1) is 0 Å². The minimum atomic E-state index is -3.98. The van der Waals surface area contributed by atoms with Crippen LogP contribution in [0.5, 0.6) is 0 Å². The normalized spacial score (nSPS) is 21.9. The van der Waals surface area contributed by atoms with Gasteiger partial charge >= 0.3 is 24.0 Å². The van der Waals surface area contributed by atoms with Gasteiger partial charge in [0.05, 0.1) is 11.4 Å². The lowest BCUT2D eigenvalue weighted by molar-refractivity contribution is -0.138. The van der Waals surface area contributed by atoms with Crippen LogP contribution in [0.3, 0.4) is 0 Å². The van der Waals surface area contributed by atoms with E-state index in [4.69, 9.17) is 10.2 Å². The molecular weight excluding hydrogens is 917 g/mol. The standard InChI is InChI=1S/C24H34N4O5S.2C8H14O2S2.C4H10N2/c1-4-21-17(3)15-28(22(21)29)24(31)25-14-13-18-7-11-20(12-8-18)34(32,33)27-23(30)26-19-9-5-16(2)6-10-19;2*9-8(10)4-2-1-3-7-5-6-11-12-7;1-2-6-4-3-5-1/h7-8,11-12,16,19H,4-6,9-10,13-15H2,1-3H3,(H,25,31)(H2,26,27,30);2*7H,1-6H2,(H,9,10);5-6H,1-4H2. The molecule has 0 aromatic heterocycles. The summed E-state index contributed by atoms with van der Waals surface area (Å²) < 4.78 is 27.2. The summed E-state index contributed by atoms with van der Waals surface area (Å²) in [6.07, 6.45) is 14.3. The molecule has 7 N–H and O–H groups in total. The number of carboxylic acid groups (broad SMARTS) is 2. The van der Waals surface area contributed by atoms with E-state index >= 15 is 0 Å². The number of hydrogen-bond acceptors (Lipinski definition) is 13. The van der Waals surface area contributed by atoms with E-state index in [1.807, 2.05) is 57.0 Å². The molecule has 0 radical (unpaired) electrons. The summed E-state index contributed by atoms with van der Waals surface area (Å²) >= 11 is 0. The van der Waals surface area contributed by atoms with Crippen LogP contribution in [0.1, 0.15) is 123 Å². The van der Waals surface area contributed by atoms with Crippen molar-refractivity contribution in [2.24, 2.45) is 5.92 Å². The summed E-state index contributed by atoms with van der Waals surface area (Å²) in [4.78, 5) is 58.3. The van der Waals surface area contributed by atoms with Crippen LogP contribution in [0, 0.1) is 5.92 Å². The maximum Gasteiger partial charge on any atom is 0.328 e. The summed E-state index contributed by atoms with van der Waals surface area (Å²) in [6.45, 7) is 11.1. The Bertz CT molecular complexity index is 1690. The predicted octanol–water partition coefficient (Wildman–Crippen LogP) is 7.82. The van der Waals surface area contributed by atoms with E-state index in [1.165, 1.54) is 54.2 Å². The number of aliphatic carboxylic acids is 2. The average Bonchev–Trinajstić information content (AvgIpc) is 4.06. The molecular formula is C44H72N6O9S5. The van der Waals surface area contributed by atoms with Crippen molar-refractivity contribution in [2.75, 3.05) is 50.8 Å². The lowest BCUT2D eigenvalue weighted by Gasteiger charge is -2.26. The second-order valence-corrected chi connectivity index (χ2v) is 23.9. The van der Waals surface area contributed by atoms with Gasteiger partial charge in [-0.05, 0) is 113 Å². The largest absolute Gasteiger partial charge is 0.481 e. The first-order valence-electron chi connectivity index (χ1n) is 22.8. The third-order valence-electron chi connectivity index (χ3n) is 11.3. The van der Waals surface area contributed by atoms with Gasteiger partial charge in [-0.3, -0.25) is 19.3 Å². The molecule has 0 spiro atoms. The van der Waals surface area contributed by atoms with Gasteiger partial charge in [0.1, 0.15) is 0 Å². The van der Waals surface area contributed by atoms with Gasteiger partial charge in [-0.25, -0.2) is 22.7 Å². The number of benzene rings is 1. The minimum Gasteiger partial charge on any atom is -0.481 e. The number of hydrogen-bond donors (Lipinski definition) is 7. The van der Waals surface area contributed by atoms with Crippen LogP contribution in [0.25, 0.3) is 0 Å². The number of piperazine rings is 1. The monoisotopic (exact) mass is 988 g/mol. The van der Waals surface area contributed by atoms with Crippen molar-refractivity contribution in [1.82, 2.24) is 30.9 Å². The molecule has 20 heteroatoms. The first kappa shape index (κ1) is 55.7. The fourth-order valence-corrected chi connectivity index (χ4v) is 14.4. The third-order valence-corrected chi connectivity index (χ3v) is 18.6. The summed E-state index contributed by atoms with van der Waals surface area (Å²) in [5.41, 5.74) is 2.41. The topological polar surface area (TPSA) is 223 Å². The number of imide groups is 1. The second-order valence-electron chi connectivity index (χ2n) is 16.6. The number of urea groups is 2. The van der Waals surface area contributed by atoms with Crippen LogP contribution in [-0.2, 0) is 30.8 Å². The highest BCUT2D eigenvalue weighted by Crippen LogP contribution is 2.40. The maximum absolute atomic E-state index is 12.5. The van der Waals surface area contributed by atoms with Gasteiger partial charge in [0.2, 0.25) is 0 Å². The van der Waals surface area contributed by atoms with Crippen LogP contribution >= 0.6 is 43.2 Å². The Labute approximate surface area is 397 Å². The van der Waals surface area contributed by atoms with Gasteiger partial charge in [0.15, 0.2) is 0 Å². The van der Waals surface area contributed by atoms with Gasteiger partial charge in [0, 0.05) is 79.2 Å². The van der Waals surface area contributed by atoms with Crippen molar-refractivity contribution in [2.45, 2.75) is 145 Å². The fraction of sp³-hybridized carbons (Fsp3) is 0.705.